The molecule has 2 aromatic rings. The van der Waals surface area contributed by atoms with Crippen LogP contribution in [0.5, 0.6) is 5.75 Å². The summed E-state index contributed by atoms with van der Waals surface area (Å²) in [6, 6.07) is 16.0. The SMILES string of the molecule is CN(C(=O)COc1cccc2c1NCC2)C(CN1CCC(O)C1)c1ccccc1. The average Bonchev–Trinajstić information content (AvgIpc) is 3.39. The van der Waals surface area contributed by atoms with Crippen molar-refractivity contribution in [1.29, 1.82) is 0 Å². The van der Waals surface area contributed by atoms with Crippen molar-refractivity contribution in [3.8, 4) is 5.75 Å². The molecule has 2 heterocycles. The van der Waals surface area contributed by atoms with Crippen LogP contribution in [0.1, 0.15) is 23.6 Å². The molecule has 0 saturated carbocycles. The summed E-state index contributed by atoms with van der Waals surface area (Å²) in [5, 5.41) is 13.2. The van der Waals surface area contributed by atoms with Gasteiger partial charge in [-0.3, -0.25) is 9.69 Å². The van der Waals surface area contributed by atoms with Crippen molar-refractivity contribution in [2.75, 3.05) is 45.2 Å². The van der Waals surface area contributed by atoms with E-state index in [4.69, 9.17) is 4.74 Å². The van der Waals surface area contributed by atoms with E-state index < -0.39 is 0 Å². The molecule has 2 N–H and O–H groups in total. The van der Waals surface area contributed by atoms with E-state index in [0.29, 0.717) is 13.1 Å². The lowest BCUT2D eigenvalue weighted by Crippen LogP contribution is -2.40. The highest BCUT2D eigenvalue weighted by Gasteiger charge is 2.28. The normalized spacial score (nSPS) is 19.4. The number of rotatable bonds is 7. The van der Waals surface area contributed by atoms with E-state index in [9.17, 15) is 9.90 Å². The maximum atomic E-state index is 13.0. The molecule has 29 heavy (non-hydrogen) atoms. The Morgan fingerprint density at radius 3 is 2.86 bits per heavy atom. The number of aliphatic hydroxyl groups is 1. The molecule has 6 nitrogen and oxygen atoms in total. The summed E-state index contributed by atoms with van der Waals surface area (Å²) < 4.78 is 5.90. The van der Waals surface area contributed by atoms with Gasteiger partial charge >= 0.3 is 0 Å². The maximum Gasteiger partial charge on any atom is 0.260 e. The number of likely N-dealkylation sites (N-methyl/N-ethyl adjacent to an activating group) is 1. The maximum absolute atomic E-state index is 13.0. The van der Waals surface area contributed by atoms with Crippen LogP contribution in [0, 0.1) is 0 Å². The number of nitrogens with one attached hydrogen (secondary N) is 1. The Kier molecular flexibility index (Phi) is 6.02. The summed E-state index contributed by atoms with van der Waals surface area (Å²) in [7, 11) is 1.84. The van der Waals surface area contributed by atoms with Gasteiger partial charge in [0.15, 0.2) is 6.61 Å². The average molecular weight is 396 g/mol. The smallest absolute Gasteiger partial charge is 0.260 e. The fourth-order valence-corrected chi connectivity index (χ4v) is 4.19. The number of para-hydroxylation sites is 1. The van der Waals surface area contributed by atoms with Crippen LogP contribution in [0.3, 0.4) is 0 Å². The zero-order chi connectivity index (χ0) is 20.2. The molecular formula is C23H29N3O3. The molecule has 1 amide bonds. The lowest BCUT2D eigenvalue weighted by Gasteiger charge is -2.32. The number of hydrogen-bond donors (Lipinski definition) is 2. The van der Waals surface area contributed by atoms with Gasteiger partial charge in [0.2, 0.25) is 0 Å². The molecule has 2 unspecified atom stereocenters. The second-order valence-electron chi connectivity index (χ2n) is 7.89. The molecule has 2 atom stereocenters. The number of fused-ring (bicyclic) bond motifs is 1. The Balaban J connectivity index is 1.44. The molecule has 4 rings (SSSR count). The van der Waals surface area contributed by atoms with Gasteiger partial charge in [0.25, 0.3) is 5.91 Å². The molecule has 0 radical (unpaired) electrons. The number of aliphatic hydroxyl groups excluding tert-OH is 1. The van der Waals surface area contributed by atoms with Crippen molar-refractivity contribution in [1.82, 2.24) is 9.80 Å². The Hall–Kier alpha value is -2.57. The first-order valence-corrected chi connectivity index (χ1v) is 10.3. The van der Waals surface area contributed by atoms with Gasteiger partial charge in [0.1, 0.15) is 5.75 Å². The molecule has 0 aliphatic carbocycles. The zero-order valence-corrected chi connectivity index (χ0v) is 16.9. The predicted molar refractivity (Wildman–Crippen MR) is 113 cm³/mol. The van der Waals surface area contributed by atoms with Gasteiger partial charge in [-0.25, -0.2) is 0 Å². The molecule has 2 aliphatic heterocycles. The van der Waals surface area contributed by atoms with Crippen molar-refractivity contribution in [2.24, 2.45) is 0 Å². The number of β-amino-alcohol motifs (C(OH)–C–C–N with tert-alkyl or cyclic N) is 1. The van der Waals surface area contributed by atoms with Crippen molar-refractivity contribution < 1.29 is 14.6 Å². The van der Waals surface area contributed by atoms with E-state index in [2.05, 4.69) is 28.4 Å². The lowest BCUT2D eigenvalue weighted by molar-refractivity contribution is -0.134. The van der Waals surface area contributed by atoms with Gasteiger partial charge in [0.05, 0.1) is 17.8 Å². The van der Waals surface area contributed by atoms with E-state index in [1.807, 2.05) is 37.4 Å². The third kappa shape index (κ3) is 4.54. The second kappa shape index (κ2) is 8.84. The summed E-state index contributed by atoms with van der Waals surface area (Å²) in [5.41, 5.74) is 3.33. The number of carbonyl (C=O) groups excluding carboxylic acids is 1. The molecule has 6 heteroatoms. The van der Waals surface area contributed by atoms with Crippen molar-refractivity contribution in [3.05, 3.63) is 59.7 Å². The highest BCUT2D eigenvalue weighted by Crippen LogP contribution is 2.32. The second-order valence-corrected chi connectivity index (χ2v) is 7.89. The minimum Gasteiger partial charge on any atom is -0.482 e. The van der Waals surface area contributed by atoms with Crippen molar-refractivity contribution >= 4 is 11.6 Å². The predicted octanol–water partition coefficient (Wildman–Crippen LogP) is 2.30. The first-order chi connectivity index (χ1) is 14.1. The van der Waals surface area contributed by atoms with Gasteiger partial charge in [-0.05, 0) is 30.0 Å². The number of amides is 1. The summed E-state index contributed by atoms with van der Waals surface area (Å²) in [5.74, 6) is 0.676. The Labute approximate surface area is 172 Å². The van der Waals surface area contributed by atoms with Gasteiger partial charge < -0.3 is 20.1 Å². The fourth-order valence-electron chi connectivity index (χ4n) is 4.19. The number of hydrogen-bond acceptors (Lipinski definition) is 5. The Bertz CT molecular complexity index is 843. The molecule has 2 aliphatic rings. The minimum absolute atomic E-state index is 0.000587. The van der Waals surface area contributed by atoms with Gasteiger partial charge in [-0.1, -0.05) is 42.5 Å². The molecular weight excluding hydrogens is 366 g/mol. The summed E-state index contributed by atoms with van der Waals surface area (Å²) >= 11 is 0. The highest BCUT2D eigenvalue weighted by molar-refractivity contribution is 5.78. The third-order valence-electron chi connectivity index (χ3n) is 5.88. The van der Waals surface area contributed by atoms with Crippen LogP contribution in [0.2, 0.25) is 0 Å². The quantitative estimate of drug-likeness (QED) is 0.753. The van der Waals surface area contributed by atoms with E-state index in [1.165, 1.54) is 5.56 Å². The molecule has 0 spiro atoms. The van der Waals surface area contributed by atoms with Crippen LogP contribution in [0.25, 0.3) is 0 Å². The van der Waals surface area contributed by atoms with E-state index >= 15 is 0 Å². The van der Waals surface area contributed by atoms with E-state index in [0.717, 1.165) is 42.9 Å². The van der Waals surface area contributed by atoms with Crippen molar-refractivity contribution in [3.63, 3.8) is 0 Å². The Morgan fingerprint density at radius 1 is 1.28 bits per heavy atom. The number of nitrogens with zero attached hydrogens (tertiary/aromatic N) is 2. The van der Waals surface area contributed by atoms with Gasteiger partial charge in [-0.2, -0.15) is 0 Å². The number of benzene rings is 2. The molecule has 154 valence electrons. The standard InChI is InChI=1S/C23H29N3O3/c1-25(22(28)16-29-21-9-5-8-18-10-12-24-23(18)21)20(17-6-3-2-4-7-17)15-26-13-11-19(27)14-26/h2-9,19-20,24,27H,10-16H2,1H3. The zero-order valence-electron chi connectivity index (χ0n) is 16.9. The first kappa shape index (κ1) is 19.7. The van der Waals surface area contributed by atoms with Crippen molar-refractivity contribution in [2.45, 2.75) is 25.0 Å². The number of ether oxygens (including phenoxy) is 1. The van der Waals surface area contributed by atoms with Crippen LogP contribution in [0.15, 0.2) is 48.5 Å². The number of anilines is 1. The van der Waals surface area contributed by atoms with Crippen LogP contribution < -0.4 is 10.1 Å². The number of likely N-dealkylation sites (tertiary alicyclic amines) is 1. The molecule has 0 bridgehead atoms. The van der Waals surface area contributed by atoms with E-state index in [1.54, 1.807) is 4.90 Å². The Morgan fingerprint density at radius 2 is 2.10 bits per heavy atom. The number of carbonyl (C=O) groups is 1. The van der Waals surface area contributed by atoms with Crippen LogP contribution >= 0.6 is 0 Å². The summed E-state index contributed by atoms with van der Waals surface area (Å²) in [4.78, 5) is 17.0. The fraction of sp³-hybridized carbons (Fsp3) is 0.435. The lowest BCUT2D eigenvalue weighted by atomic mass is 10.0. The third-order valence-corrected chi connectivity index (χ3v) is 5.88. The largest absolute Gasteiger partial charge is 0.482 e. The van der Waals surface area contributed by atoms with Crippen LogP contribution in [-0.2, 0) is 11.2 Å². The van der Waals surface area contributed by atoms with E-state index in [-0.39, 0.29) is 24.7 Å². The van der Waals surface area contributed by atoms with Gasteiger partial charge in [-0.15, -0.1) is 0 Å². The topological polar surface area (TPSA) is 65.0 Å². The van der Waals surface area contributed by atoms with Crippen LogP contribution in [0.4, 0.5) is 5.69 Å². The molecule has 2 aromatic carbocycles. The van der Waals surface area contributed by atoms with Crippen LogP contribution in [-0.4, -0.2) is 66.8 Å². The first-order valence-electron chi connectivity index (χ1n) is 10.3. The highest BCUT2D eigenvalue weighted by atomic mass is 16.5. The summed E-state index contributed by atoms with van der Waals surface area (Å²) in [6.45, 7) is 3.11. The molecule has 1 saturated heterocycles. The monoisotopic (exact) mass is 395 g/mol. The molecule has 1 fully saturated rings. The van der Waals surface area contributed by atoms with Gasteiger partial charge in [0, 0.05) is 33.2 Å². The summed E-state index contributed by atoms with van der Waals surface area (Å²) in [6.07, 6.45) is 1.50. The molecule has 0 aromatic heterocycles. The minimum atomic E-state index is -0.275.